The van der Waals surface area contributed by atoms with E-state index < -0.39 is 5.97 Å². The van der Waals surface area contributed by atoms with Crippen molar-refractivity contribution in [1.29, 1.82) is 0 Å². The van der Waals surface area contributed by atoms with Crippen LogP contribution in [0, 0.1) is 0 Å². The fraction of sp³-hybridized carbons (Fsp3) is 0.636. The number of hydrogen-bond donors (Lipinski definition) is 3. The molecule has 1 aromatic rings. The van der Waals surface area contributed by atoms with E-state index in [0.717, 1.165) is 13.1 Å². The van der Waals surface area contributed by atoms with Gasteiger partial charge in [0.05, 0.1) is 6.20 Å². The van der Waals surface area contributed by atoms with Gasteiger partial charge in [-0.2, -0.15) is 5.10 Å². The summed E-state index contributed by atoms with van der Waals surface area (Å²) in [6.45, 7) is 4.83. The summed E-state index contributed by atoms with van der Waals surface area (Å²) in [5.74, 6) is -0.959. The van der Waals surface area contributed by atoms with Gasteiger partial charge in [-0.15, -0.1) is 0 Å². The summed E-state index contributed by atoms with van der Waals surface area (Å²) in [6.07, 6.45) is 4.15. The summed E-state index contributed by atoms with van der Waals surface area (Å²) in [5.41, 5.74) is 0.887. The molecule has 1 aliphatic heterocycles. The Kier molecular flexibility index (Phi) is 4.11. The van der Waals surface area contributed by atoms with E-state index in [1.165, 1.54) is 25.9 Å². The Morgan fingerprint density at radius 1 is 1.53 bits per heavy atom. The Morgan fingerprint density at radius 2 is 2.29 bits per heavy atom. The van der Waals surface area contributed by atoms with Gasteiger partial charge in [0.15, 0.2) is 0 Å². The molecule has 1 aliphatic rings. The van der Waals surface area contributed by atoms with Gasteiger partial charge in [0.2, 0.25) is 0 Å². The van der Waals surface area contributed by atoms with Crippen LogP contribution in [0.5, 0.6) is 0 Å². The molecule has 0 atom stereocenters. The van der Waals surface area contributed by atoms with Gasteiger partial charge in [0, 0.05) is 25.2 Å². The molecule has 0 aromatic carbocycles. The Balaban J connectivity index is 1.70. The first-order valence-corrected chi connectivity index (χ1v) is 5.96. The summed E-state index contributed by atoms with van der Waals surface area (Å²) in [4.78, 5) is 13.2. The highest BCUT2D eigenvalue weighted by Crippen LogP contribution is 2.06. The largest absolute Gasteiger partial charge is 0.477 e. The van der Waals surface area contributed by atoms with E-state index in [9.17, 15) is 4.79 Å². The van der Waals surface area contributed by atoms with Gasteiger partial charge < -0.3 is 15.3 Å². The lowest BCUT2D eigenvalue weighted by atomic mass is 10.2. The maximum absolute atomic E-state index is 10.8. The van der Waals surface area contributed by atoms with E-state index in [1.54, 1.807) is 6.20 Å². The quantitative estimate of drug-likeness (QED) is 0.621. The zero-order valence-electron chi connectivity index (χ0n) is 9.78. The van der Waals surface area contributed by atoms with Crippen molar-refractivity contribution in [2.75, 3.05) is 26.2 Å². The third-order valence-electron chi connectivity index (χ3n) is 3.05. The smallest absolute Gasteiger partial charge is 0.354 e. The number of hydrogen-bond acceptors (Lipinski definition) is 4. The van der Waals surface area contributed by atoms with Gasteiger partial charge in [0.1, 0.15) is 5.69 Å². The zero-order valence-corrected chi connectivity index (χ0v) is 9.78. The first kappa shape index (κ1) is 12.1. The minimum Gasteiger partial charge on any atom is -0.477 e. The molecule has 1 aromatic heterocycles. The first-order valence-electron chi connectivity index (χ1n) is 5.96. The van der Waals surface area contributed by atoms with Gasteiger partial charge in [-0.1, -0.05) is 0 Å². The van der Waals surface area contributed by atoms with Gasteiger partial charge in [-0.3, -0.25) is 5.10 Å². The van der Waals surface area contributed by atoms with Crippen molar-refractivity contribution in [1.82, 2.24) is 20.4 Å². The zero-order chi connectivity index (χ0) is 12.1. The fourth-order valence-electron chi connectivity index (χ4n) is 2.10. The van der Waals surface area contributed by atoms with Gasteiger partial charge in [-0.05, 0) is 25.9 Å². The number of nitrogens with zero attached hydrogens (tertiary/aromatic N) is 2. The van der Waals surface area contributed by atoms with Gasteiger partial charge >= 0.3 is 5.97 Å². The van der Waals surface area contributed by atoms with Crippen LogP contribution in [-0.4, -0.2) is 52.4 Å². The summed E-state index contributed by atoms with van der Waals surface area (Å²) in [5, 5.41) is 18.4. The molecule has 0 aliphatic carbocycles. The second-order valence-corrected chi connectivity index (χ2v) is 4.30. The molecular formula is C11H18N4O2. The van der Waals surface area contributed by atoms with E-state index in [4.69, 9.17) is 5.11 Å². The van der Waals surface area contributed by atoms with E-state index in [1.807, 2.05) is 0 Å². The average Bonchev–Trinajstić information content (AvgIpc) is 2.95. The van der Waals surface area contributed by atoms with Crippen molar-refractivity contribution in [3.8, 4) is 0 Å². The van der Waals surface area contributed by atoms with Crippen molar-refractivity contribution in [2.45, 2.75) is 19.4 Å². The molecule has 0 unspecified atom stereocenters. The lowest BCUT2D eigenvalue weighted by molar-refractivity contribution is 0.0689. The Morgan fingerprint density at radius 3 is 3.00 bits per heavy atom. The van der Waals surface area contributed by atoms with Crippen molar-refractivity contribution >= 4 is 5.97 Å². The normalized spacial score (nSPS) is 16.5. The molecule has 94 valence electrons. The van der Waals surface area contributed by atoms with Crippen LogP contribution in [0.3, 0.4) is 0 Å². The van der Waals surface area contributed by atoms with Crippen LogP contribution in [0.15, 0.2) is 6.20 Å². The number of aromatic amines is 1. The molecule has 3 N–H and O–H groups in total. The second kappa shape index (κ2) is 5.79. The summed E-state index contributed by atoms with van der Waals surface area (Å²) < 4.78 is 0. The van der Waals surface area contributed by atoms with Crippen LogP contribution in [-0.2, 0) is 6.54 Å². The molecule has 0 radical (unpaired) electrons. The molecule has 2 rings (SSSR count). The summed E-state index contributed by atoms with van der Waals surface area (Å²) in [7, 11) is 0. The minimum absolute atomic E-state index is 0.179. The predicted molar refractivity (Wildman–Crippen MR) is 62.9 cm³/mol. The Bertz CT molecular complexity index is 371. The number of likely N-dealkylation sites (tertiary alicyclic amines) is 1. The van der Waals surface area contributed by atoms with Crippen molar-refractivity contribution < 1.29 is 9.90 Å². The standard InChI is InChI=1S/C11H18N4O2/c16-11(17)10-9(8-13-14-10)7-12-3-6-15-4-1-2-5-15/h8,12H,1-7H2,(H,13,14)(H,16,17). The third-order valence-corrected chi connectivity index (χ3v) is 3.05. The molecule has 0 saturated carbocycles. The number of aromatic carboxylic acids is 1. The monoisotopic (exact) mass is 238 g/mol. The highest BCUT2D eigenvalue weighted by atomic mass is 16.4. The highest BCUT2D eigenvalue weighted by molar-refractivity contribution is 5.86. The first-order chi connectivity index (χ1) is 8.27. The highest BCUT2D eigenvalue weighted by Gasteiger charge is 2.12. The van der Waals surface area contributed by atoms with Crippen LogP contribution in [0.4, 0.5) is 0 Å². The van der Waals surface area contributed by atoms with Crippen molar-refractivity contribution in [3.05, 3.63) is 17.5 Å². The van der Waals surface area contributed by atoms with Crippen LogP contribution in [0.25, 0.3) is 0 Å². The molecule has 0 amide bonds. The molecule has 17 heavy (non-hydrogen) atoms. The Labute approximate surface area is 100 Å². The van der Waals surface area contributed by atoms with E-state index in [-0.39, 0.29) is 5.69 Å². The van der Waals surface area contributed by atoms with E-state index >= 15 is 0 Å². The molecule has 6 heteroatoms. The average molecular weight is 238 g/mol. The minimum atomic E-state index is -0.959. The Hall–Kier alpha value is -1.40. The fourth-order valence-corrected chi connectivity index (χ4v) is 2.10. The summed E-state index contributed by atoms with van der Waals surface area (Å²) in [6, 6.07) is 0. The molecule has 1 fully saturated rings. The number of aromatic nitrogens is 2. The maximum Gasteiger partial charge on any atom is 0.354 e. The molecule has 1 saturated heterocycles. The number of carbonyl (C=O) groups is 1. The number of carboxylic acids is 1. The van der Waals surface area contributed by atoms with E-state index in [2.05, 4.69) is 20.4 Å². The van der Waals surface area contributed by atoms with Crippen molar-refractivity contribution in [3.63, 3.8) is 0 Å². The van der Waals surface area contributed by atoms with Crippen LogP contribution >= 0.6 is 0 Å². The molecule has 0 bridgehead atoms. The number of H-pyrrole nitrogens is 1. The third kappa shape index (κ3) is 3.28. The lowest BCUT2D eigenvalue weighted by Gasteiger charge is -2.14. The molecule has 0 spiro atoms. The van der Waals surface area contributed by atoms with Crippen molar-refractivity contribution in [2.24, 2.45) is 0 Å². The second-order valence-electron chi connectivity index (χ2n) is 4.30. The molecular weight excluding hydrogens is 220 g/mol. The maximum atomic E-state index is 10.8. The van der Waals surface area contributed by atoms with E-state index in [0.29, 0.717) is 12.1 Å². The SMILES string of the molecule is O=C(O)c1[nH]ncc1CNCCN1CCCC1. The van der Waals surface area contributed by atoms with Crippen LogP contribution < -0.4 is 5.32 Å². The van der Waals surface area contributed by atoms with Crippen LogP contribution in [0.2, 0.25) is 0 Å². The summed E-state index contributed by atoms with van der Waals surface area (Å²) >= 11 is 0. The number of rotatable bonds is 6. The van der Waals surface area contributed by atoms with Gasteiger partial charge in [-0.25, -0.2) is 4.79 Å². The molecule has 2 heterocycles. The van der Waals surface area contributed by atoms with Crippen LogP contribution in [0.1, 0.15) is 28.9 Å². The number of carboxylic acid groups (broad SMARTS) is 1. The molecule has 6 nitrogen and oxygen atoms in total. The number of nitrogens with one attached hydrogen (secondary N) is 2. The lowest BCUT2D eigenvalue weighted by Crippen LogP contribution is -2.29. The topological polar surface area (TPSA) is 81.2 Å². The van der Waals surface area contributed by atoms with Gasteiger partial charge in [0.25, 0.3) is 0 Å². The predicted octanol–water partition coefficient (Wildman–Crippen LogP) is 0.293.